The molecular weight excluding hydrogens is 360 g/mol. The van der Waals surface area contributed by atoms with Crippen molar-refractivity contribution in [2.75, 3.05) is 33.4 Å². The maximum atomic E-state index is 8.85. The third-order valence-electron chi connectivity index (χ3n) is 8.37. The molecule has 1 aromatic rings. The fraction of sp³-hybridized carbons (Fsp3) is 0.760. The number of methoxy groups -OCH3 is 1. The number of rotatable bonds is 9. The number of hydrogen-bond acceptors (Lipinski definition) is 4. The van der Waals surface area contributed by atoms with Gasteiger partial charge in [-0.15, -0.1) is 0 Å². The van der Waals surface area contributed by atoms with E-state index in [0.29, 0.717) is 11.5 Å². The van der Waals surface area contributed by atoms with E-state index in [4.69, 9.17) is 9.84 Å². The molecule has 29 heavy (non-hydrogen) atoms. The second kappa shape index (κ2) is 9.36. The highest BCUT2D eigenvalue weighted by atomic mass is 16.5. The zero-order chi connectivity index (χ0) is 20.3. The van der Waals surface area contributed by atoms with Crippen molar-refractivity contribution in [3.05, 3.63) is 29.3 Å². The lowest BCUT2D eigenvalue weighted by atomic mass is 9.55. The van der Waals surface area contributed by atoms with E-state index >= 15 is 0 Å². The number of hydrogen-bond donors (Lipinski definition) is 3. The SMILES string of the molecule is COc1ccc2c(c1)CCC1C2CC[C@]2(C)C(NCCCNCCCO)CCC12. The Morgan fingerprint density at radius 1 is 1.10 bits per heavy atom. The van der Waals surface area contributed by atoms with Gasteiger partial charge in [0.15, 0.2) is 0 Å². The molecule has 0 aliphatic heterocycles. The molecule has 0 saturated heterocycles. The normalized spacial score (nSPS) is 33.1. The zero-order valence-corrected chi connectivity index (χ0v) is 18.4. The summed E-state index contributed by atoms with van der Waals surface area (Å²) >= 11 is 0. The molecule has 4 unspecified atom stereocenters. The molecule has 162 valence electrons. The van der Waals surface area contributed by atoms with E-state index in [1.54, 1.807) is 12.7 Å². The van der Waals surface area contributed by atoms with E-state index in [2.05, 4.69) is 35.8 Å². The number of aliphatic hydroxyl groups excluding tert-OH is 1. The first-order chi connectivity index (χ1) is 14.2. The third-order valence-corrected chi connectivity index (χ3v) is 8.37. The third kappa shape index (κ3) is 4.22. The highest BCUT2D eigenvalue weighted by Gasteiger charge is 2.54. The van der Waals surface area contributed by atoms with Gasteiger partial charge >= 0.3 is 0 Å². The molecule has 2 fully saturated rings. The summed E-state index contributed by atoms with van der Waals surface area (Å²) in [5, 5.41) is 16.2. The largest absolute Gasteiger partial charge is 0.497 e. The van der Waals surface area contributed by atoms with Gasteiger partial charge in [0.1, 0.15) is 5.75 Å². The van der Waals surface area contributed by atoms with Crippen molar-refractivity contribution < 1.29 is 9.84 Å². The van der Waals surface area contributed by atoms with Crippen LogP contribution < -0.4 is 15.4 Å². The van der Waals surface area contributed by atoms with E-state index < -0.39 is 0 Å². The second-order valence-corrected chi connectivity index (χ2v) is 9.79. The lowest BCUT2D eigenvalue weighted by Gasteiger charge is -2.51. The molecule has 4 rings (SSSR count). The molecule has 0 heterocycles. The number of benzene rings is 1. The van der Waals surface area contributed by atoms with Crippen LogP contribution in [-0.4, -0.2) is 44.5 Å². The van der Waals surface area contributed by atoms with Crippen LogP contribution in [0.5, 0.6) is 5.75 Å². The van der Waals surface area contributed by atoms with E-state index in [0.717, 1.165) is 49.6 Å². The maximum Gasteiger partial charge on any atom is 0.119 e. The van der Waals surface area contributed by atoms with Crippen LogP contribution in [0.4, 0.5) is 0 Å². The average Bonchev–Trinajstić information content (AvgIpc) is 3.08. The molecule has 3 aliphatic carbocycles. The summed E-state index contributed by atoms with van der Waals surface area (Å²) in [6.45, 7) is 5.95. The minimum atomic E-state index is 0.285. The summed E-state index contributed by atoms with van der Waals surface area (Å²) in [7, 11) is 1.77. The Balaban J connectivity index is 1.35. The van der Waals surface area contributed by atoms with Crippen LogP contribution in [0, 0.1) is 17.3 Å². The summed E-state index contributed by atoms with van der Waals surface area (Å²) in [4.78, 5) is 0. The van der Waals surface area contributed by atoms with Crippen LogP contribution in [0.25, 0.3) is 0 Å². The molecule has 0 spiro atoms. The summed E-state index contributed by atoms with van der Waals surface area (Å²) < 4.78 is 5.47. The van der Waals surface area contributed by atoms with Gasteiger partial charge in [-0.3, -0.25) is 0 Å². The van der Waals surface area contributed by atoms with Gasteiger partial charge in [0, 0.05) is 12.6 Å². The number of aliphatic hydroxyl groups is 1. The lowest BCUT2D eigenvalue weighted by Crippen LogP contribution is -2.49. The monoisotopic (exact) mass is 400 g/mol. The quantitative estimate of drug-likeness (QED) is 0.551. The van der Waals surface area contributed by atoms with E-state index in [1.165, 1.54) is 50.5 Å². The van der Waals surface area contributed by atoms with Crippen molar-refractivity contribution in [1.29, 1.82) is 0 Å². The zero-order valence-electron chi connectivity index (χ0n) is 18.4. The van der Waals surface area contributed by atoms with Crippen LogP contribution in [0.2, 0.25) is 0 Å². The van der Waals surface area contributed by atoms with Gasteiger partial charge in [0.25, 0.3) is 0 Å². The molecule has 2 saturated carbocycles. The molecule has 3 N–H and O–H groups in total. The Bertz CT molecular complexity index is 679. The Morgan fingerprint density at radius 3 is 2.79 bits per heavy atom. The van der Waals surface area contributed by atoms with Crippen molar-refractivity contribution in [3.8, 4) is 5.75 Å². The molecule has 3 aliphatic rings. The first-order valence-electron chi connectivity index (χ1n) is 11.9. The topological polar surface area (TPSA) is 53.5 Å². The predicted molar refractivity (Wildman–Crippen MR) is 119 cm³/mol. The van der Waals surface area contributed by atoms with Crippen molar-refractivity contribution in [3.63, 3.8) is 0 Å². The molecule has 4 heteroatoms. The molecule has 0 amide bonds. The number of aryl methyl sites for hydroxylation is 1. The van der Waals surface area contributed by atoms with Gasteiger partial charge in [0.2, 0.25) is 0 Å². The number of nitrogens with one attached hydrogen (secondary N) is 2. The summed E-state index contributed by atoms with van der Waals surface area (Å²) in [6, 6.07) is 7.50. The molecule has 4 nitrogen and oxygen atoms in total. The molecule has 5 atom stereocenters. The molecular formula is C25H40N2O2. The van der Waals surface area contributed by atoms with Gasteiger partial charge < -0.3 is 20.5 Å². The minimum Gasteiger partial charge on any atom is -0.497 e. The van der Waals surface area contributed by atoms with Gasteiger partial charge in [-0.25, -0.2) is 0 Å². The van der Waals surface area contributed by atoms with Gasteiger partial charge in [-0.05, 0) is 117 Å². The van der Waals surface area contributed by atoms with Gasteiger partial charge in [-0.1, -0.05) is 13.0 Å². The lowest BCUT2D eigenvalue weighted by molar-refractivity contribution is 0.0412. The Kier molecular flexibility index (Phi) is 6.83. The smallest absolute Gasteiger partial charge is 0.119 e. The minimum absolute atomic E-state index is 0.285. The fourth-order valence-electron chi connectivity index (χ4n) is 6.84. The van der Waals surface area contributed by atoms with Crippen molar-refractivity contribution in [2.24, 2.45) is 17.3 Å². The summed E-state index contributed by atoms with van der Waals surface area (Å²) in [5.41, 5.74) is 3.63. The van der Waals surface area contributed by atoms with Crippen molar-refractivity contribution in [1.82, 2.24) is 10.6 Å². The van der Waals surface area contributed by atoms with Crippen LogP contribution in [0.1, 0.15) is 68.9 Å². The van der Waals surface area contributed by atoms with Crippen LogP contribution in [0.15, 0.2) is 18.2 Å². The van der Waals surface area contributed by atoms with E-state index in [9.17, 15) is 0 Å². The van der Waals surface area contributed by atoms with Crippen LogP contribution in [0.3, 0.4) is 0 Å². The van der Waals surface area contributed by atoms with E-state index in [1.807, 2.05) is 0 Å². The Hall–Kier alpha value is -1.10. The molecule has 0 bridgehead atoms. The Morgan fingerprint density at radius 2 is 1.97 bits per heavy atom. The predicted octanol–water partition coefficient (Wildman–Crippen LogP) is 3.87. The number of fused-ring (bicyclic) bond motifs is 5. The summed E-state index contributed by atoms with van der Waals surface area (Å²) in [5.74, 6) is 3.51. The first-order valence-corrected chi connectivity index (χ1v) is 11.9. The summed E-state index contributed by atoms with van der Waals surface area (Å²) in [6.07, 6.45) is 10.0. The highest BCUT2D eigenvalue weighted by Crippen LogP contribution is 2.60. The first kappa shape index (κ1) is 21.1. The standard InChI is InChI=1S/C25H40N2O2/c1-25-12-11-21-20-8-6-19(29-2)17-18(20)5-7-22(21)23(25)9-10-24(25)27-15-3-13-26-14-4-16-28/h6,8,17,21-24,26-28H,3-5,7,9-16H2,1-2H3/t21?,22?,23?,24?,25-/m0/s1. The van der Waals surface area contributed by atoms with Crippen LogP contribution >= 0.6 is 0 Å². The molecule has 0 radical (unpaired) electrons. The molecule has 0 aromatic heterocycles. The average molecular weight is 401 g/mol. The fourth-order valence-corrected chi connectivity index (χ4v) is 6.84. The Labute approximate surface area is 176 Å². The van der Waals surface area contributed by atoms with Crippen molar-refractivity contribution in [2.45, 2.75) is 70.3 Å². The highest BCUT2D eigenvalue weighted by molar-refractivity contribution is 5.40. The van der Waals surface area contributed by atoms with Crippen molar-refractivity contribution >= 4 is 0 Å². The van der Waals surface area contributed by atoms with Gasteiger partial charge in [0.05, 0.1) is 7.11 Å². The van der Waals surface area contributed by atoms with Crippen LogP contribution in [-0.2, 0) is 6.42 Å². The van der Waals surface area contributed by atoms with Gasteiger partial charge in [-0.2, -0.15) is 0 Å². The molecule has 1 aromatic carbocycles. The number of ether oxygens (including phenoxy) is 1. The maximum absolute atomic E-state index is 8.85. The van der Waals surface area contributed by atoms with E-state index in [-0.39, 0.29) is 6.61 Å². The second-order valence-electron chi connectivity index (χ2n) is 9.79.